The number of ether oxygens (including phenoxy) is 5. The molecule has 0 aliphatic carbocycles. The molecule has 0 N–H and O–H groups in total. The van der Waals surface area contributed by atoms with E-state index in [0.29, 0.717) is 0 Å². The van der Waals surface area contributed by atoms with E-state index in [0.717, 1.165) is 19.4 Å². The molecule has 1 aromatic rings. The smallest absolute Gasteiger partial charge is 0.303 e. The maximum absolute atomic E-state index is 11.8. The fraction of sp³-hybridized carbons (Fsp3) is 0.476. The van der Waals surface area contributed by atoms with Crippen molar-refractivity contribution in [3.05, 3.63) is 35.9 Å². The molecule has 0 radical (unpaired) electrons. The van der Waals surface area contributed by atoms with Crippen LogP contribution in [0.25, 0.3) is 0 Å². The Labute approximate surface area is 179 Å². The second-order valence-electron chi connectivity index (χ2n) is 6.78. The molecule has 1 aromatic carbocycles. The highest BCUT2D eigenvalue weighted by Crippen LogP contribution is 2.30. The summed E-state index contributed by atoms with van der Waals surface area (Å²) in [5.41, 5.74) is 0.746. The van der Waals surface area contributed by atoms with Gasteiger partial charge < -0.3 is 23.7 Å². The first-order valence-corrected chi connectivity index (χ1v) is 9.56. The van der Waals surface area contributed by atoms with Gasteiger partial charge in [0.2, 0.25) is 0 Å². The van der Waals surface area contributed by atoms with Crippen LogP contribution in [0, 0.1) is 0 Å². The van der Waals surface area contributed by atoms with E-state index in [9.17, 15) is 19.2 Å². The van der Waals surface area contributed by atoms with Crippen LogP contribution in [-0.4, -0.2) is 67.3 Å². The molecule has 1 aliphatic rings. The molecular weight excluding hydrogens is 410 g/mol. The summed E-state index contributed by atoms with van der Waals surface area (Å²) in [5, 5.41) is 0. The zero-order valence-corrected chi connectivity index (χ0v) is 17.7. The van der Waals surface area contributed by atoms with Gasteiger partial charge in [0.25, 0.3) is 0 Å². The molecule has 0 aromatic heterocycles. The molecule has 10 heteroatoms. The molecule has 0 amide bonds. The van der Waals surface area contributed by atoms with Crippen molar-refractivity contribution < 1.29 is 42.9 Å². The number of esters is 4. The molecule has 5 atom stereocenters. The Hall–Kier alpha value is -3.27. The van der Waals surface area contributed by atoms with Gasteiger partial charge in [-0.3, -0.25) is 24.2 Å². The summed E-state index contributed by atoms with van der Waals surface area (Å²) in [6, 6.07) is 9.07. The highest BCUT2D eigenvalue weighted by Gasteiger charge is 2.52. The number of rotatable bonds is 7. The summed E-state index contributed by atoms with van der Waals surface area (Å²) < 4.78 is 26.9. The van der Waals surface area contributed by atoms with Crippen LogP contribution in [-0.2, 0) is 42.9 Å². The molecule has 2 rings (SSSR count). The summed E-state index contributed by atoms with van der Waals surface area (Å²) in [7, 11) is 0. The molecule has 1 saturated heterocycles. The topological polar surface area (TPSA) is 127 Å². The van der Waals surface area contributed by atoms with Gasteiger partial charge in [0.05, 0.1) is 0 Å². The molecule has 1 heterocycles. The third kappa shape index (κ3) is 7.49. The number of hydrogen-bond donors (Lipinski definition) is 0. The third-order valence-corrected chi connectivity index (χ3v) is 4.14. The lowest BCUT2D eigenvalue weighted by molar-refractivity contribution is -0.250. The van der Waals surface area contributed by atoms with E-state index in [-0.39, 0.29) is 6.61 Å². The van der Waals surface area contributed by atoms with Crippen LogP contribution >= 0.6 is 0 Å². The standard InChI is InChI=1S/C21H25NO9/c1-12(23)27-11-17-18(28-13(2)24)19(29-14(3)25)20(30-15(4)26)21(31-17)22-10-16-8-6-5-7-9-16/h5-10,17-21H,11H2,1-4H3/b22-10+/t17-,18-,19+,20-,21-/m1/s1. The number of nitrogens with zero attached hydrogens (tertiary/aromatic N) is 1. The van der Waals surface area contributed by atoms with Gasteiger partial charge in [-0.05, 0) is 5.56 Å². The average molecular weight is 435 g/mol. The monoisotopic (exact) mass is 435 g/mol. The molecule has 0 unspecified atom stereocenters. The number of benzene rings is 1. The number of hydrogen-bond acceptors (Lipinski definition) is 10. The van der Waals surface area contributed by atoms with Gasteiger partial charge >= 0.3 is 23.9 Å². The van der Waals surface area contributed by atoms with Crippen LogP contribution in [0.1, 0.15) is 33.3 Å². The lowest BCUT2D eigenvalue weighted by Gasteiger charge is -2.43. The highest BCUT2D eigenvalue weighted by atomic mass is 16.7. The second kappa shape index (κ2) is 11.2. The van der Waals surface area contributed by atoms with Crippen LogP contribution in [0.3, 0.4) is 0 Å². The first kappa shape index (κ1) is 24.0. The van der Waals surface area contributed by atoms with Crippen molar-refractivity contribution in [1.82, 2.24) is 0 Å². The quantitative estimate of drug-likeness (QED) is 0.352. The molecule has 1 fully saturated rings. The summed E-state index contributed by atoms with van der Waals surface area (Å²) in [6.45, 7) is 4.41. The van der Waals surface area contributed by atoms with Gasteiger partial charge in [-0.25, -0.2) is 0 Å². The van der Waals surface area contributed by atoms with Crippen molar-refractivity contribution in [2.24, 2.45) is 4.99 Å². The molecule has 0 saturated carbocycles. The van der Waals surface area contributed by atoms with E-state index in [1.165, 1.54) is 20.1 Å². The van der Waals surface area contributed by atoms with Crippen molar-refractivity contribution in [2.45, 2.75) is 58.3 Å². The van der Waals surface area contributed by atoms with Crippen LogP contribution < -0.4 is 0 Å². The Morgan fingerprint density at radius 1 is 0.839 bits per heavy atom. The summed E-state index contributed by atoms with van der Waals surface area (Å²) in [6.07, 6.45) is -4.30. The van der Waals surface area contributed by atoms with Gasteiger partial charge in [-0.2, -0.15) is 0 Å². The minimum atomic E-state index is -1.24. The number of carbonyl (C=O) groups excluding carboxylic acids is 4. The third-order valence-electron chi connectivity index (χ3n) is 4.14. The first-order valence-electron chi connectivity index (χ1n) is 9.56. The van der Waals surface area contributed by atoms with E-state index >= 15 is 0 Å². The lowest BCUT2D eigenvalue weighted by atomic mass is 9.97. The van der Waals surface area contributed by atoms with Gasteiger partial charge in [0.1, 0.15) is 12.7 Å². The van der Waals surface area contributed by atoms with E-state index in [1.807, 2.05) is 18.2 Å². The van der Waals surface area contributed by atoms with Crippen LogP contribution in [0.2, 0.25) is 0 Å². The van der Waals surface area contributed by atoms with Crippen LogP contribution in [0.15, 0.2) is 35.3 Å². The fourth-order valence-electron chi connectivity index (χ4n) is 3.02. The van der Waals surface area contributed by atoms with Gasteiger partial charge in [0.15, 0.2) is 24.5 Å². The summed E-state index contributed by atoms with van der Waals surface area (Å²) in [5.74, 6) is -2.64. The Bertz CT molecular complexity index is 823. The highest BCUT2D eigenvalue weighted by molar-refractivity contribution is 5.79. The Morgan fingerprint density at radius 3 is 1.94 bits per heavy atom. The van der Waals surface area contributed by atoms with Crippen molar-refractivity contribution in [3.63, 3.8) is 0 Å². The first-order chi connectivity index (χ1) is 14.7. The van der Waals surface area contributed by atoms with E-state index in [1.54, 1.807) is 12.1 Å². The second-order valence-corrected chi connectivity index (χ2v) is 6.78. The van der Waals surface area contributed by atoms with Crippen molar-refractivity contribution in [2.75, 3.05) is 6.61 Å². The van der Waals surface area contributed by atoms with E-state index in [2.05, 4.69) is 4.99 Å². The van der Waals surface area contributed by atoms with Gasteiger partial charge in [-0.15, -0.1) is 0 Å². The molecule has 0 spiro atoms. The zero-order valence-electron chi connectivity index (χ0n) is 17.7. The SMILES string of the molecule is CC(=O)OC[C@H]1O[C@@H](/N=C/c2ccccc2)[C@H](OC(C)=O)[C@@H](OC(C)=O)[C@@H]1OC(C)=O. The molecular formula is C21H25NO9. The summed E-state index contributed by atoms with van der Waals surface area (Å²) in [4.78, 5) is 50.8. The molecule has 31 heavy (non-hydrogen) atoms. The predicted molar refractivity (Wildman–Crippen MR) is 106 cm³/mol. The lowest BCUT2D eigenvalue weighted by Crippen LogP contribution is -2.62. The minimum Gasteiger partial charge on any atom is -0.463 e. The average Bonchev–Trinajstić information content (AvgIpc) is 2.68. The molecule has 10 nitrogen and oxygen atoms in total. The Balaban J connectivity index is 2.43. The van der Waals surface area contributed by atoms with Crippen molar-refractivity contribution in [3.8, 4) is 0 Å². The molecule has 168 valence electrons. The van der Waals surface area contributed by atoms with Crippen LogP contribution in [0.4, 0.5) is 0 Å². The normalized spacial score (nSPS) is 25.5. The predicted octanol–water partition coefficient (Wildman–Crippen LogP) is 1.19. The van der Waals surface area contributed by atoms with E-state index < -0.39 is 54.5 Å². The van der Waals surface area contributed by atoms with E-state index in [4.69, 9.17) is 23.7 Å². The fourth-order valence-corrected chi connectivity index (χ4v) is 3.02. The maximum Gasteiger partial charge on any atom is 0.303 e. The Kier molecular flexibility index (Phi) is 8.68. The minimum absolute atomic E-state index is 0.296. The molecule has 1 aliphatic heterocycles. The largest absolute Gasteiger partial charge is 0.463 e. The molecule has 0 bridgehead atoms. The van der Waals surface area contributed by atoms with Crippen LogP contribution in [0.5, 0.6) is 0 Å². The zero-order chi connectivity index (χ0) is 23.0. The number of carbonyl (C=O) groups is 4. The maximum atomic E-state index is 11.8. The van der Waals surface area contributed by atoms with Gasteiger partial charge in [0, 0.05) is 33.9 Å². The summed E-state index contributed by atoms with van der Waals surface area (Å²) >= 11 is 0. The van der Waals surface area contributed by atoms with Gasteiger partial charge in [-0.1, -0.05) is 30.3 Å². The number of aliphatic imine (C=N–C) groups is 1. The Morgan fingerprint density at radius 2 is 1.39 bits per heavy atom. The van der Waals surface area contributed by atoms with Crippen molar-refractivity contribution in [1.29, 1.82) is 0 Å². The van der Waals surface area contributed by atoms with Crippen molar-refractivity contribution >= 4 is 30.1 Å².